The number of carbonyl (C=O) groups excluding carboxylic acids is 1. The molecule has 2 N–H and O–H groups in total. The molecule has 2 aliphatic rings. The van der Waals surface area contributed by atoms with Gasteiger partial charge in [-0.25, -0.2) is 0 Å². The molecule has 24 heavy (non-hydrogen) atoms. The van der Waals surface area contributed by atoms with Crippen LogP contribution in [-0.4, -0.2) is 51.0 Å². The van der Waals surface area contributed by atoms with Crippen LogP contribution in [0.15, 0.2) is 28.7 Å². The number of hydrogen-bond acceptors (Lipinski definition) is 4. The van der Waals surface area contributed by atoms with Gasteiger partial charge in [-0.2, -0.15) is 0 Å². The molecule has 2 aliphatic heterocycles. The summed E-state index contributed by atoms with van der Waals surface area (Å²) in [6.07, 6.45) is 1.72. The third kappa shape index (κ3) is 3.99. The van der Waals surface area contributed by atoms with Gasteiger partial charge in [-0.1, -0.05) is 28.1 Å². The van der Waals surface area contributed by atoms with Crippen LogP contribution >= 0.6 is 15.9 Å². The molecular weight excluding hydrogens is 372 g/mol. The lowest BCUT2D eigenvalue weighted by atomic mass is 9.74. The molecule has 0 spiro atoms. The van der Waals surface area contributed by atoms with Gasteiger partial charge < -0.3 is 20.1 Å². The predicted octanol–water partition coefficient (Wildman–Crippen LogP) is 1.99. The molecule has 3 rings (SSSR count). The van der Waals surface area contributed by atoms with Crippen LogP contribution in [0, 0.1) is 0 Å². The SMILES string of the molecule is C[C@H]1OCCN[C@@H]1C(=O)NCC1(c2cccc(Br)c2)CCOCC1. The lowest BCUT2D eigenvalue weighted by molar-refractivity contribution is -0.129. The standard InChI is InChI=1S/C18H25BrN2O3/c1-13-16(20-7-10-24-13)17(22)21-12-18(5-8-23-9-6-18)14-3-2-4-15(19)11-14/h2-4,11,13,16,20H,5-10,12H2,1H3,(H,21,22)/t13-,16+/m1/s1. The van der Waals surface area contributed by atoms with E-state index in [1.165, 1.54) is 5.56 Å². The maximum absolute atomic E-state index is 12.6. The van der Waals surface area contributed by atoms with Gasteiger partial charge in [0.2, 0.25) is 5.91 Å². The molecule has 132 valence electrons. The van der Waals surface area contributed by atoms with Crippen molar-refractivity contribution < 1.29 is 14.3 Å². The highest BCUT2D eigenvalue weighted by molar-refractivity contribution is 9.10. The molecule has 0 radical (unpaired) electrons. The van der Waals surface area contributed by atoms with Gasteiger partial charge in [-0.3, -0.25) is 4.79 Å². The molecule has 2 fully saturated rings. The number of ether oxygens (including phenoxy) is 2. The van der Waals surface area contributed by atoms with Gasteiger partial charge in [0.25, 0.3) is 0 Å². The van der Waals surface area contributed by atoms with E-state index in [-0.39, 0.29) is 23.5 Å². The van der Waals surface area contributed by atoms with Crippen molar-refractivity contribution in [2.75, 3.05) is 32.9 Å². The first-order valence-electron chi connectivity index (χ1n) is 8.57. The van der Waals surface area contributed by atoms with Crippen LogP contribution in [0.3, 0.4) is 0 Å². The van der Waals surface area contributed by atoms with E-state index in [1.807, 2.05) is 13.0 Å². The largest absolute Gasteiger partial charge is 0.381 e. The van der Waals surface area contributed by atoms with Gasteiger partial charge in [0, 0.05) is 36.2 Å². The highest BCUT2D eigenvalue weighted by Gasteiger charge is 2.36. The Morgan fingerprint density at radius 3 is 2.88 bits per heavy atom. The van der Waals surface area contributed by atoms with Gasteiger partial charge in [-0.15, -0.1) is 0 Å². The van der Waals surface area contributed by atoms with E-state index in [1.54, 1.807) is 0 Å². The van der Waals surface area contributed by atoms with Crippen molar-refractivity contribution in [3.05, 3.63) is 34.3 Å². The van der Waals surface area contributed by atoms with Gasteiger partial charge in [0.15, 0.2) is 0 Å². The summed E-state index contributed by atoms with van der Waals surface area (Å²) in [5.41, 5.74) is 1.18. The molecule has 0 aliphatic carbocycles. The highest BCUT2D eigenvalue weighted by Crippen LogP contribution is 2.35. The van der Waals surface area contributed by atoms with E-state index in [9.17, 15) is 4.79 Å². The first-order chi connectivity index (χ1) is 11.6. The molecule has 1 amide bonds. The average molecular weight is 397 g/mol. The van der Waals surface area contributed by atoms with Crippen LogP contribution in [0.5, 0.6) is 0 Å². The summed E-state index contributed by atoms with van der Waals surface area (Å²) >= 11 is 3.56. The molecule has 1 aromatic rings. The minimum Gasteiger partial charge on any atom is -0.381 e. The first kappa shape index (κ1) is 17.9. The summed E-state index contributed by atoms with van der Waals surface area (Å²) in [7, 11) is 0. The molecule has 1 aromatic carbocycles. The Morgan fingerprint density at radius 2 is 2.17 bits per heavy atom. The molecule has 0 bridgehead atoms. The van der Waals surface area contributed by atoms with Crippen LogP contribution in [0.4, 0.5) is 0 Å². The monoisotopic (exact) mass is 396 g/mol. The number of hydrogen-bond donors (Lipinski definition) is 2. The molecule has 6 heteroatoms. The van der Waals surface area contributed by atoms with Crippen LogP contribution in [-0.2, 0) is 19.7 Å². The van der Waals surface area contributed by atoms with Crippen molar-refractivity contribution in [3.63, 3.8) is 0 Å². The number of halogens is 1. The zero-order valence-corrected chi connectivity index (χ0v) is 15.6. The Labute approximate surface area is 151 Å². The van der Waals surface area contributed by atoms with Crippen molar-refractivity contribution in [2.45, 2.75) is 37.3 Å². The number of nitrogens with one attached hydrogen (secondary N) is 2. The quantitative estimate of drug-likeness (QED) is 0.816. The normalized spacial score (nSPS) is 26.8. The second-order valence-electron chi connectivity index (χ2n) is 6.63. The first-order valence-corrected chi connectivity index (χ1v) is 9.37. The summed E-state index contributed by atoms with van der Waals surface area (Å²) < 4.78 is 12.2. The fourth-order valence-electron chi connectivity index (χ4n) is 3.54. The van der Waals surface area contributed by atoms with Crippen LogP contribution < -0.4 is 10.6 Å². The van der Waals surface area contributed by atoms with E-state index >= 15 is 0 Å². The van der Waals surface area contributed by atoms with Crippen molar-refractivity contribution in [2.24, 2.45) is 0 Å². The second kappa shape index (κ2) is 7.95. The molecular formula is C18H25BrN2O3. The van der Waals surface area contributed by atoms with Crippen molar-refractivity contribution in [3.8, 4) is 0 Å². The smallest absolute Gasteiger partial charge is 0.239 e. The predicted molar refractivity (Wildman–Crippen MR) is 96.1 cm³/mol. The van der Waals surface area contributed by atoms with E-state index < -0.39 is 0 Å². The molecule has 0 saturated carbocycles. The summed E-state index contributed by atoms with van der Waals surface area (Å²) in [5.74, 6) is 0.0167. The Kier molecular flexibility index (Phi) is 5.92. The van der Waals surface area contributed by atoms with Crippen LogP contribution in [0.25, 0.3) is 0 Å². The number of rotatable bonds is 4. The third-order valence-electron chi connectivity index (χ3n) is 5.09. The van der Waals surface area contributed by atoms with E-state index in [0.717, 1.165) is 30.5 Å². The van der Waals surface area contributed by atoms with Gasteiger partial charge in [-0.05, 0) is 37.5 Å². The summed E-state index contributed by atoms with van der Waals surface area (Å²) in [6, 6.07) is 8.10. The van der Waals surface area contributed by atoms with Gasteiger partial charge >= 0.3 is 0 Å². The highest BCUT2D eigenvalue weighted by atomic mass is 79.9. The number of morpholine rings is 1. The van der Waals surface area contributed by atoms with E-state index in [2.05, 4.69) is 44.8 Å². The Balaban J connectivity index is 1.72. The molecule has 2 saturated heterocycles. The lowest BCUT2D eigenvalue weighted by Gasteiger charge is -2.39. The van der Waals surface area contributed by atoms with E-state index in [0.29, 0.717) is 19.7 Å². The third-order valence-corrected chi connectivity index (χ3v) is 5.58. The fourth-order valence-corrected chi connectivity index (χ4v) is 3.94. The zero-order chi connectivity index (χ0) is 17.0. The summed E-state index contributed by atoms with van der Waals surface area (Å²) in [5, 5.41) is 6.41. The minimum atomic E-state index is -0.279. The molecule has 2 heterocycles. The second-order valence-corrected chi connectivity index (χ2v) is 7.54. The molecule has 2 atom stereocenters. The molecule has 0 aromatic heterocycles. The maximum Gasteiger partial charge on any atom is 0.239 e. The Bertz CT molecular complexity index is 575. The number of benzene rings is 1. The zero-order valence-electron chi connectivity index (χ0n) is 14.0. The lowest BCUT2D eigenvalue weighted by Crippen LogP contribution is -2.57. The Hall–Kier alpha value is -0.950. The van der Waals surface area contributed by atoms with Crippen LogP contribution in [0.1, 0.15) is 25.3 Å². The van der Waals surface area contributed by atoms with Crippen molar-refractivity contribution >= 4 is 21.8 Å². The topological polar surface area (TPSA) is 59.6 Å². The van der Waals surface area contributed by atoms with Gasteiger partial charge in [0.05, 0.1) is 12.7 Å². The fraction of sp³-hybridized carbons (Fsp3) is 0.611. The summed E-state index contributed by atoms with van der Waals surface area (Å²) in [4.78, 5) is 12.6. The Morgan fingerprint density at radius 1 is 1.38 bits per heavy atom. The van der Waals surface area contributed by atoms with Gasteiger partial charge in [0.1, 0.15) is 6.04 Å². The number of carbonyl (C=O) groups is 1. The minimum absolute atomic E-state index is 0.0167. The number of amides is 1. The van der Waals surface area contributed by atoms with Crippen molar-refractivity contribution in [1.29, 1.82) is 0 Å². The molecule has 5 nitrogen and oxygen atoms in total. The molecule has 0 unspecified atom stereocenters. The average Bonchev–Trinajstić information content (AvgIpc) is 2.61. The van der Waals surface area contributed by atoms with Crippen molar-refractivity contribution in [1.82, 2.24) is 10.6 Å². The maximum atomic E-state index is 12.6. The van der Waals surface area contributed by atoms with E-state index in [4.69, 9.17) is 9.47 Å². The van der Waals surface area contributed by atoms with Crippen LogP contribution in [0.2, 0.25) is 0 Å². The summed E-state index contributed by atoms with van der Waals surface area (Å²) in [6.45, 7) is 5.38.